The minimum atomic E-state index is -1.19. The van der Waals surface area contributed by atoms with Crippen LogP contribution in [-0.4, -0.2) is 10.1 Å². The quantitative estimate of drug-likeness (QED) is 0.544. The molecule has 0 spiro atoms. The fourth-order valence-corrected chi connectivity index (χ4v) is 0.424. The Morgan fingerprint density at radius 2 is 2.67 bits per heavy atom. The number of aromatic nitrogens is 1. The number of aliphatic hydroxyl groups is 1. The first-order valence-corrected chi connectivity index (χ1v) is 2.30. The standard InChI is InChI=1S/C5H4N2O2/c6-1-4(8)5-2-7-3-9-5/h2-4,8H. The van der Waals surface area contributed by atoms with Crippen molar-refractivity contribution in [2.45, 2.75) is 6.10 Å². The molecule has 0 saturated heterocycles. The van der Waals surface area contributed by atoms with Gasteiger partial charge in [0.15, 0.2) is 12.2 Å². The van der Waals surface area contributed by atoms with Crippen LogP contribution in [0.1, 0.15) is 11.9 Å². The van der Waals surface area contributed by atoms with Crippen LogP contribution >= 0.6 is 0 Å². The Morgan fingerprint density at radius 1 is 1.89 bits per heavy atom. The maximum Gasteiger partial charge on any atom is 0.200 e. The summed E-state index contributed by atoms with van der Waals surface area (Å²) in [6, 6.07) is 1.59. The molecule has 1 heterocycles. The van der Waals surface area contributed by atoms with E-state index in [2.05, 4.69) is 9.40 Å². The highest BCUT2D eigenvalue weighted by Gasteiger charge is 2.07. The number of rotatable bonds is 1. The molecule has 1 rings (SSSR count). The maximum atomic E-state index is 8.72. The second-order valence-corrected chi connectivity index (χ2v) is 1.44. The Kier molecular flexibility index (Phi) is 1.47. The van der Waals surface area contributed by atoms with Gasteiger partial charge in [0.05, 0.1) is 6.20 Å². The van der Waals surface area contributed by atoms with Gasteiger partial charge in [0, 0.05) is 0 Å². The molecule has 1 atom stereocenters. The molecule has 1 unspecified atom stereocenters. The van der Waals surface area contributed by atoms with E-state index in [0.29, 0.717) is 0 Å². The monoisotopic (exact) mass is 124 g/mol. The first-order valence-electron chi connectivity index (χ1n) is 2.30. The van der Waals surface area contributed by atoms with Gasteiger partial charge in [-0.25, -0.2) is 4.98 Å². The molecular weight excluding hydrogens is 120 g/mol. The van der Waals surface area contributed by atoms with Crippen molar-refractivity contribution in [1.82, 2.24) is 4.98 Å². The largest absolute Gasteiger partial charge is 0.445 e. The second-order valence-electron chi connectivity index (χ2n) is 1.44. The van der Waals surface area contributed by atoms with Gasteiger partial charge in [0.2, 0.25) is 6.10 Å². The van der Waals surface area contributed by atoms with Crippen molar-refractivity contribution in [1.29, 1.82) is 5.26 Å². The Bertz CT molecular complexity index is 211. The number of oxazole rings is 1. The Balaban J connectivity index is 2.80. The van der Waals surface area contributed by atoms with E-state index in [9.17, 15) is 0 Å². The molecule has 0 bridgehead atoms. The first kappa shape index (κ1) is 5.79. The van der Waals surface area contributed by atoms with E-state index in [-0.39, 0.29) is 5.76 Å². The van der Waals surface area contributed by atoms with Gasteiger partial charge < -0.3 is 9.52 Å². The van der Waals surface area contributed by atoms with Crippen LogP contribution in [0.4, 0.5) is 0 Å². The van der Waals surface area contributed by atoms with E-state index < -0.39 is 6.10 Å². The summed E-state index contributed by atoms with van der Waals surface area (Å²) in [6.45, 7) is 0. The minimum Gasteiger partial charge on any atom is -0.445 e. The lowest BCUT2D eigenvalue weighted by Crippen LogP contribution is -1.88. The lowest BCUT2D eigenvalue weighted by atomic mass is 10.3. The maximum absolute atomic E-state index is 8.72. The van der Waals surface area contributed by atoms with Gasteiger partial charge in [0.25, 0.3) is 0 Å². The summed E-state index contributed by atoms with van der Waals surface area (Å²) in [6.07, 6.45) is 1.27. The van der Waals surface area contributed by atoms with Crippen molar-refractivity contribution >= 4 is 0 Å². The molecule has 0 radical (unpaired) electrons. The van der Waals surface area contributed by atoms with Crippen molar-refractivity contribution in [2.24, 2.45) is 0 Å². The Hall–Kier alpha value is -1.34. The van der Waals surface area contributed by atoms with E-state index in [1.54, 1.807) is 6.07 Å². The summed E-state index contributed by atoms with van der Waals surface area (Å²) in [5.41, 5.74) is 0. The summed E-state index contributed by atoms with van der Waals surface area (Å²) < 4.78 is 4.60. The zero-order chi connectivity index (χ0) is 6.69. The molecule has 0 amide bonds. The lowest BCUT2D eigenvalue weighted by molar-refractivity contribution is 0.204. The van der Waals surface area contributed by atoms with Gasteiger partial charge in [-0.1, -0.05) is 0 Å². The predicted molar refractivity (Wildman–Crippen MR) is 27.1 cm³/mol. The smallest absolute Gasteiger partial charge is 0.200 e. The average Bonchev–Trinajstić information content (AvgIpc) is 2.37. The predicted octanol–water partition coefficient (Wildman–Crippen LogP) is 0.232. The molecule has 1 N–H and O–H groups in total. The highest BCUT2D eigenvalue weighted by Crippen LogP contribution is 2.08. The van der Waals surface area contributed by atoms with Crippen LogP contribution in [0.15, 0.2) is 17.0 Å². The number of aliphatic hydroxyl groups excluding tert-OH is 1. The van der Waals surface area contributed by atoms with Gasteiger partial charge in [-0.05, 0) is 0 Å². The highest BCUT2D eigenvalue weighted by atomic mass is 16.4. The van der Waals surface area contributed by atoms with Crippen LogP contribution in [0.3, 0.4) is 0 Å². The molecule has 0 aromatic carbocycles. The van der Waals surface area contributed by atoms with Gasteiger partial charge >= 0.3 is 0 Å². The molecule has 4 nitrogen and oxygen atoms in total. The first-order chi connectivity index (χ1) is 4.34. The SMILES string of the molecule is N#CC(O)c1cnco1. The zero-order valence-corrected chi connectivity index (χ0v) is 4.48. The summed E-state index contributed by atoms with van der Waals surface area (Å²) >= 11 is 0. The Morgan fingerprint density at radius 3 is 3.11 bits per heavy atom. The molecule has 9 heavy (non-hydrogen) atoms. The number of nitriles is 1. The summed E-state index contributed by atoms with van der Waals surface area (Å²) in [5.74, 6) is 0.178. The number of hydrogen-bond donors (Lipinski definition) is 1. The van der Waals surface area contributed by atoms with Gasteiger partial charge in [-0.15, -0.1) is 0 Å². The zero-order valence-electron chi connectivity index (χ0n) is 4.48. The van der Waals surface area contributed by atoms with Crippen molar-refractivity contribution in [3.8, 4) is 6.07 Å². The van der Waals surface area contributed by atoms with Crippen LogP contribution in [0.2, 0.25) is 0 Å². The molecule has 1 aromatic rings. The third-order valence-electron chi connectivity index (χ3n) is 0.843. The van der Waals surface area contributed by atoms with Crippen molar-refractivity contribution in [3.63, 3.8) is 0 Å². The number of nitrogens with zero attached hydrogens (tertiary/aromatic N) is 2. The highest BCUT2D eigenvalue weighted by molar-refractivity contribution is 5.03. The summed E-state index contributed by atoms with van der Waals surface area (Å²) in [7, 11) is 0. The molecule has 0 aliphatic carbocycles. The summed E-state index contributed by atoms with van der Waals surface area (Å²) in [4.78, 5) is 3.51. The van der Waals surface area contributed by atoms with Crippen LogP contribution in [0.25, 0.3) is 0 Å². The molecule has 0 aliphatic rings. The van der Waals surface area contributed by atoms with E-state index >= 15 is 0 Å². The molecule has 0 aliphatic heterocycles. The van der Waals surface area contributed by atoms with E-state index in [1.165, 1.54) is 6.20 Å². The minimum absolute atomic E-state index is 0.178. The fourth-order valence-electron chi connectivity index (χ4n) is 0.424. The molecule has 0 saturated carbocycles. The summed E-state index contributed by atoms with van der Waals surface area (Å²) in [5, 5.41) is 16.8. The van der Waals surface area contributed by atoms with Crippen LogP contribution < -0.4 is 0 Å². The normalized spacial score (nSPS) is 12.4. The van der Waals surface area contributed by atoms with Crippen LogP contribution in [-0.2, 0) is 0 Å². The average molecular weight is 124 g/mol. The molecular formula is C5H4N2O2. The van der Waals surface area contributed by atoms with Gasteiger partial charge in [0.1, 0.15) is 6.07 Å². The van der Waals surface area contributed by atoms with Crippen molar-refractivity contribution in [2.75, 3.05) is 0 Å². The van der Waals surface area contributed by atoms with E-state index in [4.69, 9.17) is 10.4 Å². The van der Waals surface area contributed by atoms with Crippen molar-refractivity contribution in [3.05, 3.63) is 18.4 Å². The molecule has 1 aromatic heterocycles. The second kappa shape index (κ2) is 2.29. The Labute approximate surface area is 51.4 Å². The van der Waals surface area contributed by atoms with Gasteiger partial charge in [-0.3, -0.25) is 0 Å². The van der Waals surface area contributed by atoms with Crippen LogP contribution in [0, 0.1) is 11.3 Å². The third kappa shape index (κ3) is 1.06. The van der Waals surface area contributed by atoms with Crippen molar-refractivity contribution < 1.29 is 9.52 Å². The topological polar surface area (TPSA) is 70.0 Å². The fraction of sp³-hybridized carbons (Fsp3) is 0.200. The van der Waals surface area contributed by atoms with Crippen LogP contribution in [0.5, 0.6) is 0 Å². The van der Waals surface area contributed by atoms with Gasteiger partial charge in [-0.2, -0.15) is 5.26 Å². The van der Waals surface area contributed by atoms with E-state index in [0.717, 1.165) is 6.39 Å². The van der Waals surface area contributed by atoms with E-state index in [1.807, 2.05) is 0 Å². The molecule has 4 heteroatoms. The lowest BCUT2D eigenvalue weighted by Gasteiger charge is -1.90. The third-order valence-corrected chi connectivity index (χ3v) is 0.843. The molecule has 46 valence electrons. The molecule has 0 fully saturated rings. The number of hydrogen-bond acceptors (Lipinski definition) is 4.